The molecule has 1 unspecified atom stereocenters. The fourth-order valence-corrected chi connectivity index (χ4v) is 9.52. The third-order valence-electron chi connectivity index (χ3n) is 10.6. The standard InChI is InChI=1S/C48H53N6O6P/c1-34(2)54(35(3)4)61(58-29-13-28-49)60-43-30-45(53-33-52-46-42(50-32-51-47(46)53)27-18-36-14-9-7-10-15-36)59-44(43)31-57-48(37-16-11-8-12-17-37,38-19-23-40(55-5)24-20-38)39-21-25-41(56-6)26-22-39/h7-12,14-27,32-35,43-45H,13,29-31H2,1-6H3/b27-18+/t43-,44+,45+,61?/m0/s1. The first-order valence-corrected chi connectivity index (χ1v) is 21.7. The van der Waals surface area contributed by atoms with Crippen molar-refractivity contribution in [3.63, 3.8) is 0 Å². The first kappa shape index (κ1) is 43.6. The molecular formula is C48H53N6O6P. The molecule has 0 radical (unpaired) electrons. The molecule has 6 aromatic rings. The molecule has 0 spiro atoms. The molecule has 1 fully saturated rings. The number of ether oxygens (including phenoxy) is 4. The SMILES string of the molecule is COc1ccc(C(OC[C@H]2O[C@@H](n3cnc4c(/C=C/c5ccccc5)ncnc43)C[C@@H]2OP(OCCC#N)N(C(C)C)C(C)C)(c2ccccc2)c2ccc(OC)cc2)cc1. The number of rotatable bonds is 19. The molecule has 1 aliphatic heterocycles. The van der Waals surface area contributed by atoms with Crippen LogP contribution >= 0.6 is 8.53 Å². The van der Waals surface area contributed by atoms with Crippen LogP contribution in [0.5, 0.6) is 11.5 Å². The van der Waals surface area contributed by atoms with E-state index in [2.05, 4.69) is 55.6 Å². The number of nitriles is 1. The first-order valence-electron chi connectivity index (χ1n) is 20.5. The van der Waals surface area contributed by atoms with Crippen molar-refractivity contribution < 1.29 is 28.0 Å². The van der Waals surface area contributed by atoms with Crippen molar-refractivity contribution in [2.75, 3.05) is 27.4 Å². The molecule has 316 valence electrons. The van der Waals surface area contributed by atoms with Crippen LogP contribution in [0.15, 0.2) is 122 Å². The second-order valence-electron chi connectivity index (χ2n) is 15.2. The number of imidazole rings is 1. The van der Waals surface area contributed by atoms with Crippen molar-refractivity contribution in [1.82, 2.24) is 24.2 Å². The molecule has 7 rings (SSSR count). The molecule has 0 aliphatic carbocycles. The molecule has 0 amide bonds. The quantitative estimate of drug-likeness (QED) is 0.0440. The van der Waals surface area contributed by atoms with Crippen LogP contribution < -0.4 is 9.47 Å². The Hall–Kier alpha value is -5.51. The Labute approximate surface area is 359 Å². The zero-order chi connectivity index (χ0) is 42.8. The molecule has 1 saturated heterocycles. The van der Waals surface area contributed by atoms with Gasteiger partial charge in [0.05, 0.1) is 58.0 Å². The van der Waals surface area contributed by atoms with E-state index in [9.17, 15) is 5.26 Å². The third-order valence-corrected chi connectivity index (χ3v) is 12.8. The summed E-state index contributed by atoms with van der Waals surface area (Å²) in [7, 11) is 1.69. The van der Waals surface area contributed by atoms with E-state index >= 15 is 0 Å². The highest BCUT2D eigenvalue weighted by Gasteiger charge is 2.45. The van der Waals surface area contributed by atoms with Crippen LogP contribution in [-0.4, -0.2) is 75.9 Å². The Morgan fingerprint density at radius 2 is 1.43 bits per heavy atom. The lowest BCUT2D eigenvalue weighted by Gasteiger charge is -2.39. The number of benzene rings is 4. The van der Waals surface area contributed by atoms with Crippen molar-refractivity contribution in [1.29, 1.82) is 5.26 Å². The van der Waals surface area contributed by atoms with E-state index in [1.807, 2.05) is 114 Å². The maximum Gasteiger partial charge on any atom is 0.259 e. The summed E-state index contributed by atoms with van der Waals surface area (Å²) < 4.78 is 43.3. The summed E-state index contributed by atoms with van der Waals surface area (Å²) in [6.45, 7) is 8.87. The van der Waals surface area contributed by atoms with Gasteiger partial charge < -0.3 is 28.0 Å². The van der Waals surface area contributed by atoms with Gasteiger partial charge in [0.15, 0.2) is 5.65 Å². The van der Waals surface area contributed by atoms with Gasteiger partial charge in [0.2, 0.25) is 0 Å². The normalized spacial score (nSPS) is 17.4. The maximum absolute atomic E-state index is 9.44. The van der Waals surface area contributed by atoms with Gasteiger partial charge >= 0.3 is 0 Å². The predicted octanol–water partition coefficient (Wildman–Crippen LogP) is 9.97. The average molecular weight is 841 g/mol. The van der Waals surface area contributed by atoms with Crippen LogP contribution in [0, 0.1) is 11.3 Å². The van der Waals surface area contributed by atoms with Crippen LogP contribution in [-0.2, 0) is 24.1 Å². The lowest BCUT2D eigenvalue weighted by molar-refractivity contribution is -0.0912. The molecular weight excluding hydrogens is 788 g/mol. The van der Waals surface area contributed by atoms with Crippen LogP contribution in [0.3, 0.4) is 0 Å². The minimum absolute atomic E-state index is 0.105. The summed E-state index contributed by atoms with van der Waals surface area (Å²) in [6.07, 6.45) is 6.39. The molecule has 0 bridgehead atoms. The van der Waals surface area contributed by atoms with Gasteiger partial charge in [0, 0.05) is 18.5 Å². The molecule has 61 heavy (non-hydrogen) atoms. The van der Waals surface area contributed by atoms with Gasteiger partial charge in [-0.1, -0.05) is 91.0 Å². The Morgan fingerprint density at radius 3 is 2.02 bits per heavy atom. The zero-order valence-corrected chi connectivity index (χ0v) is 36.4. The van der Waals surface area contributed by atoms with Crippen LogP contribution in [0.4, 0.5) is 0 Å². The second-order valence-corrected chi connectivity index (χ2v) is 16.6. The number of nitrogens with zero attached hydrogens (tertiary/aromatic N) is 6. The Bertz CT molecular complexity index is 2320. The Balaban J connectivity index is 1.29. The smallest absolute Gasteiger partial charge is 0.259 e. The van der Waals surface area contributed by atoms with Gasteiger partial charge in [-0.2, -0.15) is 5.26 Å². The lowest BCUT2D eigenvalue weighted by Crippen LogP contribution is -2.39. The molecule has 3 heterocycles. The van der Waals surface area contributed by atoms with Crippen molar-refractivity contribution in [3.05, 3.63) is 150 Å². The van der Waals surface area contributed by atoms with Crippen LogP contribution in [0.25, 0.3) is 23.3 Å². The predicted molar refractivity (Wildman–Crippen MR) is 238 cm³/mol. The minimum atomic E-state index is -1.62. The number of hydrogen-bond acceptors (Lipinski definition) is 11. The van der Waals surface area contributed by atoms with Gasteiger partial charge in [0.25, 0.3) is 8.53 Å². The summed E-state index contributed by atoms with van der Waals surface area (Å²) in [5.41, 5.74) is 4.69. The van der Waals surface area contributed by atoms with E-state index in [1.54, 1.807) is 26.9 Å². The van der Waals surface area contributed by atoms with Gasteiger partial charge in [-0.25, -0.2) is 19.6 Å². The number of hydrogen-bond donors (Lipinski definition) is 0. The molecule has 0 N–H and O–H groups in total. The molecule has 0 saturated carbocycles. The van der Waals surface area contributed by atoms with Crippen molar-refractivity contribution in [2.24, 2.45) is 0 Å². The molecule has 4 atom stereocenters. The van der Waals surface area contributed by atoms with Crippen LogP contribution in [0.2, 0.25) is 0 Å². The van der Waals surface area contributed by atoms with E-state index in [4.69, 9.17) is 38.0 Å². The summed E-state index contributed by atoms with van der Waals surface area (Å²) in [4.78, 5) is 14.1. The summed E-state index contributed by atoms with van der Waals surface area (Å²) in [5, 5.41) is 9.44. The van der Waals surface area contributed by atoms with Gasteiger partial charge in [-0.15, -0.1) is 0 Å². The highest BCUT2D eigenvalue weighted by Crippen LogP contribution is 2.51. The lowest BCUT2D eigenvalue weighted by atomic mass is 9.80. The zero-order valence-electron chi connectivity index (χ0n) is 35.5. The average Bonchev–Trinajstić information content (AvgIpc) is 3.91. The number of aromatic nitrogens is 4. The first-order chi connectivity index (χ1) is 29.7. The van der Waals surface area contributed by atoms with Gasteiger partial charge in [-0.05, 0) is 80.3 Å². The van der Waals surface area contributed by atoms with E-state index in [1.165, 1.54) is 0 Å². The molecule has 1 aliphatic rings. The summed E-state index contributed by atoms with van der Waals surface area (Å²) >= 11 is 0. The minimum Gasteiger partial charge on any atom is -0.497 e. The monoisotopic (exact) mass is 840 g/mol. The third kappa shape index (κ3) is 9.84. The second kappa shape index (κ2) is 20.4. The summed E-state index contributed by atoms with van der Waals surface area (Å²) in [6, 6.07) is 38.6. The van der Waals surface area contributed by atoms with E-state index in [0.717, 1.165) is 33.8 Å². The fraction of sp³-hybridized carbons (Fsp3) is 0.333. The van der Waals surface area contributed by atoms with Gasteiger partial charge in [0.1, 0.15) is 41.3 Å². The van der Waals surface area contributed by atoms with Crippen molar-refractivity contribution in [2.45, 2.75) is 76.7 Å². The van der Waals surface area contributed by atoms with E-state index in [0.29, 0.717) is 23.3 Å². The number of methoxy groups -OCH3 is 2. The Morgan fingerprint density at radius 1 is 0.820 bits per heavy atom. The Kier molecular flexibility index (Phi) is 14.5. The van der Waals surface area contributed by atoms with Crippen molar-refractivity contribution >= 4 is 31.8 Å². The largest absolute Gasteiger partial charge is 0.497 e. The molecule has 2 aromatic heterocycles. The van der Waals surface area contributed by atoms with E-state index in [-0.39, 0.29) is 31.7 Å². The highest BCUT2D eigenvalue weighted by molar-refractivity contribution is 7.44. The molecule has 12 nitrogen and oxygen atoms in total. The maximum atomic E-state index is 9.44. The summed E-state index contributed by atoms with van der Waals surface area (Å²) in [5.74, 6) is 1.46. The highest BCUT2D eigenvalue weighted by atomic mass is 31.2. The van der Waals surface area contributed by atoms with Crippen LogP contribution in [0.1, 0.15) is 74.7 Å². The number of fused-ring (bicyclic) bond motifs is 1. The fourth-order valence-electron chi connectivity index (χ4n) is 7.77. The van der Waals surface area contributed by atoms with Gasteiger partial charge in [-0.3, -0.25) is 4.57 Å². The van der Waals surface area contributed by atoms with Crippen molar-refractivity contribution in [3.8, 4) is 17.6 Å². The molecule has 4 aromatic carbocycles. The topological polar surface area (TPSA) is 126 Å². The van der Waals surface area contributed by atoms with E-state index < -0.39 is 32.6 Å². The molecule has 13 heteroatoms.